The number of hydrogen-bond donors (Lipinski definition) is 5. The van der Waals surface area contributed by atoms with Crippen molar-refractivity contribution in [3.8, 4) is 62.1 Å². The van der Waals surface area contributed by atoms with E-state index in [0.717, 1.165) is 27.8 Å². The van der Waals surface area contributed by atoms with Gasteiger partial charge in [-0.05, 0) is 73.2 Å². The van der Waals surface area contributed by atoms with E-state index in [1.807, 2.05) is 30.3 Å². The third-order valence-electron chi connectivity index (χ3n) is 11.4. The van der Waals surface area contributed by atoms with E-state index in [2.05, 4.69) is 140 Å². The number of hydrogen-bond acceptors (Lipinski definition) is 5. The Labute approximate surface area is 325 Å². The van der Waals surface area contributed by atoms with E-state index in [1.54, 1.807) is 12.1 Å². The molecular formula is C51H38O5. The van der Waals surface area contributed by atoms with Crippen molar-refractivity contribution >= 4 is 0 Å². The summed E-state index contributed by atoms with van der Waals surface area (Å²) < 4.78 is 0. The van der Waals surface area contributed by atoms with Crippen LogP contribution in [0.25, 0.3) is 33.4 Å². The van der Waals surface area contributed by atoms with Gasteiger partial charge in [-0.2, -0.15) is 0 Å². The molecule has 1 unspecified atom stereocenters. The van der Waals surface area contributed by atoms with Crippen LogP contribution in [0.3, 0.4) is 0 Å². The summed E-state index contributed by atoms with van der Waals surface area (Å²) in [4.78, 5) is 0. The van der Waals surface area contributed by atoms with Crippen LogP contribution in [0.4, 0.5) is 0 Å². The highest BCUT2D eigenvalue weighted by atomic mass is 16.4. The van der Waals surface area contributed by atoms with E-state index in [0.29, 0.717) is 12.0 Å². The predicted molar refractivity (Wildman–Crippen MR) is 221 cm³/mol. The number of rotatable bonds is 8. The lowest BCUT2D eigenvalue weighted by Crippen LogP contribution is -2.28. The molecule has 56 heavy (non-hydrogen) atoms. The summed E-state index contributed by atoms with van der Waals surface area (Å²) >= 11 is 0. The molecule has 5 heteroatoms. The van der Waals surface area contributed by atoms with E-state index in [9.17, 15) is 25.5 Å². The number of benzene rings is 8. The zero-order valence-electron chi connectivity index (χ0n) is 30.3. The normalized spacial score (nSPS) is 13.1. The molecule has 0 heterocycles. The number of aromatic hydroxyl groups is 5. The SMILES string of the molecule is Oc1c(O)c(O)c(-c2ccc(C(Cc3ccc4c(c3)C(c3ccccc3)(c3ccccc3)c3ccccc3-4)c3ccc(-c4ccccc4)cc3)cc2)c(O)c1O. The van der Waals surface area contributed by atoms with Gasteiger partial charge in [-0.25, -0.2) is 0 Å². The average molecular weight is 731 g/mol. The molecule has 0 fully saturated rings. The van der Waals surface area contributed by atoms with Crippen LogP contribution in [-0.2, 0) is 11.8 Å². The summed E-state index contributed by atoms with van der Waals surface area (Å²) in [7, 11) is 0. The van der Waals surface area contributed by atoms with E-state index < -0.39 is 34.2 Å². The van der Waals surface area contributed by atoms with Crippen LogP contribution in [0.15, 0.2) is 182 Å². The largest absolute Gasteiger partial charge is 0.504 e. The van der Waals surface area contributed by atoms with Gasteiger partial charge in [-0.1, -0.05) is 182 Å². The quantitative estimate of drug-likeness (QED) is 0.0791. The zero-order chi connectivity index (χ0) is 38.4. The molecular weight excluding hydrogens is 693 g/mol. The van der Waals surface area contributed by atoms with Crippen molar-refractivity contribution in [1.82, 2.24) is 0 Å². The van der Waals surface area contributed by atoms with Crippen LogP contribution in [0, 0.1) is 0 Å². The molecule has 0 aromatic heterocycles. The maximum absolute atomic E-state index is 10.7. The molecule has 8 aromatic rings. The molecule has 1 atom stereocenters. The highest BCUT2D eigenvalue weighted by Gasteiger charge is 2.46. The third-order valence-corrected chi connectivity index (χ3v) is 11.4. The smallest absolute Gasteiger partial charge is 0.208 e. The molecule has 0 spiro atoms. The van der Waals surface area contributed by atoms with Crippen LogP contribution in [0.2, 0.25) is 0 Å². The summed E-state index contributed by atoms with van der Waals surface area (Å²) in [5.74, 6) is -4.34. The van der Waals surface area contributed by atoms with Crippen molar-refractivity contribution in [1.29, 1.82) is 0 Å². The summed E-state index contributed by atoms with van der Waals surface area (Å²) in [5.41, 5.74) is 12.5. The van der Waals surface area contributed by atoms with Gasteiger partial charge in [0.25, 0.3) is 0 Å². The third kappa shape index (κ3) is 5.56. The van der Waals surface area contributed by atoms with Gasteiger partial charge in [0.2, 0.25) is 17.2 Å². The maximum atomic E-state index is 10.7. The molecule has 8 aromatic carbocycles. The van der Waals surface area contributed by atoms with Crippen molar-refractivity contribution in [2.24, 2.45) is 0 Å². The van der Waals surface area contributed by atoms with Gasteiger partial charge < -0.3 is 25.5 Å². The Morgan fingerprint density at radius 1 is 0.375 bits per heavy atom. The lowest BCUT2D eigenvalue weighted by Gasteiger charge is -2.34. The van der Waals surface area contributed by atoms with Gasteiger partial charge in [0.15, 0.2) is 11.5 Å². The van der Waals surface area contributed by atoms with E-state index >= 15 is 0 Å². The first kappa shape index (κ1) is 34.5. The van der Waals surface area contributed by atoms with Gasteiger partial charge >= 0.3 is 0 Å². The average Bonchev–Trinajstić information content (AvgIpc) is 3.56. The Morgan fingerprint density at radius 2 is 0.821 bits per heavy atom. The van der Waals surface area contributed by atoms with Gasteiger partial charge in [0, 0.05) is 5.92 Å². The fraction of sp³-hybridized carbons (Fsp3) is 0.0588. The van der Waals surface area contributed by atoms with Gasteiger partial charge in [0.05, 0.1) is 11.0 Å². The molecule has 5 nitrogen and oxygen atoms in total. The van der Waals surface area contributed by atoms with Crippen molar-refractivity contribution in [3.63, 3.8) is 0 Å². The molecule has 0 saturated heterocycles. The zero-order valence-corrected chi connectivity index (χ0v) is 30.3. The van der Waals surface area contributed by atoms with Crippen LogP contribution in [-0.4, -0.2) is 25.5 Å². The monoisotopic (exact) mass is 730 g/mol. The van der Waals surface area contributed by atoms with Gasteiger partial charge in [0.1, 0.15) is 0 Å². The predicted octanol–water partition coefficient (Wildman–Crippen LogP) is 11.3. The van der Waals surface area contributed by atoms with Gasteiger partial charge in [-0.15, -0.1) is 0 Å². The Hall–Kier alpha value is -7.24. The molecule has 0 saturated carbocycles. The Morgan fingerprint density at radius 3 is 1.39 bits per heavy atom. The second-order valence-electron chi connectivity index (χ2n) is 14.4. The second-order valence-corrected chi connectivity index (χ2v) is 14.4. The Balaban J connectivity index is 1.18. The molecule has 0 amide bonds. The summed E-state index contributed by atoms with van der Waals surface area (Å²) in [6, 6.07) is 63.4. The Bertz CT molecular complexity index is 2620. The van der Waals surface area contributed by atoms with Crippen LogP contribution < -0.4 is 0 Å². The minimum absolute atomic E-state index is 0.0950. The maximum Gasteiger partial charge on any atom is 0.208 e. The molecule has 0 aliphatic heterocycles. The fourth-order valence-corrected chi connectivity index (χ4v) is 8.66. The molecule has 1 aliphatic rings. The lowest BCUT2D eigenvalue weighted by molar-refractivity contribution is 0.330. The molecule has 0 radical (unpaired) electrons. The molecule has 1 aliphatic carbocycles. The van der Waals surface area contributed by atoms with Crippen LogP contribution in [0.1, 0.15) is 44.9 Å². The minimum atomic E-state index is -0.986. The summed E-state index contributed by atoms with van der Waals surface area (Å²) in [5, 5.41) is 51.8. The van der Waals surface area contributed by atoms with Crippen molar-refractivity contribution in [2.75, 3.05) is 0 Å². The van der Waals surface area contributed by atoms with E-state index in [4.69, 9.17) is 0 Å². The first-order chi connectivity index (χ1) is 27.4. The standard InChI is InChI=1S/C51H38O5/c52-46-45(47(53)49(55)50(56)48(46)54)37-27-25-36(26-28-37)42(35-23-21-34(22-24-35)33-12-4-1-5-13-33)30-32-20-29-41-40-18-10-11-19-43(40)51(44(41)31-32,38-14-6-2-7-15-38)39-16-8-3-9-17-39/h1-29,31,42,52-56H,30H2. The van der Waals surface area contributed by atoms with Gasteiger partial charge in [-0.3, -0.25) is 0 Å². The highest BCUT2D eigenvalue weighted by molar-refractivity contribution is 5.87. The van der Waals surface area contributed by atoms with Crippen molar-refractivity contribution in [2.45, 2.75) is 17.8 Å². The van der Waals surface area contributed by atoms with Crippen LogP contribution >= 0.6 is 0 Å². The molecule has 5 N–H and O–H groups in total. The molecule has 272 valence electrons. The number of fused-ring (bicyclic) bond motifs is 3. The first-order valence-electron chi connectivity index (χ1n) is 18.6. The first-order valence-corrected chi connectivity index (χ1v) is 18.6. The number of phenolic OH excluding ortho intramolecular Hbond substituents is 5. The van der Waals surface area contributed by atoms with Crippen molar-refractivity contribution < 1.29 is 25.5 Å². The van der Waals surface area contributed by atoms with Crippen molar-refractivity contribution in [3.05, 3.63) is 221 Å². The topological polar surface area (TPSA) is 101 Å². The molecule has 0 bridgehead atoms. The van der Waals surface area contributed by atoms with E-state index in [-0.39, 0.29) is 11.5 Å². The second kappa shape index (κ2) is 13.9. The minimum Gasteiger partial charge on any atom is -0.504 e. The lowest BCUT2D eigenvalue weighted by atomic mass is 9.67. The fourth-order valence-electron chi connectivity index (χ4n) is 8.66. The van der Waals surface area contributed by atoms with Crippen LogP contribution in [0.5, 0.6) is 28.7 Å². The highest BCUT2D eigenvalue weighted by Crippen LogP contribution is 2.57. The van der Waals surface area contributed by atoms with E-state index in [1.165, 1.54) is 33.4 Å². The Kier molecular flexibility index (Phi) is 8.55. The molecule has 9 rings (SSSR count). The summed E-state index contributed by atoms with van der Waals surface area (Å²) in [6.45, 7) is 0. The summed E-state index contributed by atoms with van der Waals surface area (Å²) in [6.07, 6.45) is 0.671. The number of phenols is 5.